The van der Waals surface area contributed by atoms with Gasteiger partial charge in [-0.1, -0.05) is 62.9 Å². The van der Waals surface area contributed by atoms with Gasteiger partial charge in [0.1, 0.15) is 23.9 Å². The van der Waals surface area contributed by atoms with Gasteiger partial charge in [0.25, 0.3) is 0 Å². The zero-order valence-corrected chi connectivity index (χ0v) is 24.6. The Labute approximate surface area is 252 Å². The van der Waals surface area contributed by atoms with Crippen molar-refractivity contribution in [2.24, 2.45) is 0 Å². The van der Waals surface area contributed by atoms with Crippen molar-refractivity contribution in [2.45, 2.75) is 69.4 Å². The number of hydrogen-bond donors (Lipinski definition) is 0. The molecule has 1 saturated carbocycles. The maximum Gasteiger partial charge on any atom is 0.405 e. The van der Waals surface area contributed by atoms with Gasteiger partial charge in [-0.05, 0) is 62.2 Å². The number of imidazole rings is 2. The van der Waals surface area contributed by atoms with E-state index in [1.165, 1.54) is 13.0 Å². The summed E-state index contributed by atoms with van der Waals surface area (Å²) in [5.74, 6) is 0.515. The van der Waals surface area contributed by atoms with Gasteiger partial charge in [0.2, 0.25) is 5.95 Å². The standard InChI is InChI=1S/C34H32F3N7/c1-32(18-9-3-4-10-19-32)28-20-29(42-31(41-28)44-22-39-24-13-6-8-15-26(24)44)33(2,34(35,36)37)27-16-11-17-30(40-27)43-21-38-23-12-5-7-14-25(23)43/h5-8,11-17,20-22H,3-4,9-10,18-19H2,1-2H3. The minimum absolute atomic E-state index is 0.145. The lowest BCUT2D eigenvalue weighted by Crippen LogP contribution is -2.43. The van der Waals surface area contributed by atoms with Crippen LogP contribution in [0.1, 0.15) is 69.5 Å². The van der Waals surface area contributed by atoms with Crippen molar-refractivity contribution in [3.05, 3.63) is 103 Å². The van der Waals surface area contributed by atoms with Crippen molar-refractivity contribution < 1.29 is 13.2 Å². The molecule has 2 aromatic carbocycles. The third-order valence-electron chi connectivity index (χ3n) is 9.24. The number of nitrogens with zero attached hydrogens (tertiary/aromatic N) is 7. The summed E-state index contributed by atoms with van der Waals surface area (Å²) in [6.45, 7) is 3.29. The molecule has 1 aliphatic carbocycles. The SMILES string of the molecule is CC1(c2cc(C(C)(c3cccc(-n4cnc5ccccc54)n3)C(F)(F)F)nc(-n3cnc4ccccc43)n2)CCCCCC1. The van der Waals surface area contributed by atoms with E-state index in [0.717, 1.165) is 55.1 Å². The minimum Gasteiger partial charge on any atom is -0.283 e. The van der Waals surface area contributed by atoms with Gasteiger partial charge in [0.15, 0.2) is 0 Å². The lowest BCUT2D eigenvalue weighted by molar-refractivity contribution is -0.175. The summed E-state index contributed by atoms with van der Waals surface area (Å²) >= 11 is 0. The molecule has 1 aliphatic rings. The lowest BCUT2D eigenvalue weighted by atomic mass is 9.76. The lowest BCUT2D eigenvalue weighted by Gasteiger charge is -2.34. The molecule has 7 rings (SSSR count). The first-order valence-electron chi connectivity index (χ1n) is 15.0. The van der Waals surface area contributed by atoms with Gasteiger partial charge >= 0.3 is 6.18 Å². The van der Waals surface area contributed by atoms with Gasteiger partial charge in [-0.25, -0.2) is 24.9 Å². The van der Waals surface area contributed by atoms with Gasteiger partial charge in [-0.15, -0.1) is 0 Å². The summed E-state index contributed by atoms with van der Waals surface area (Å²) < 4.78 is 50.0. The Kier molecular flexibility index (Phi) is 6.75. The molecular formula is C34H32F3N7. The highest BCUT2D eigenvalue weighted by molar-refractivity contribution is 5.77. The zero-order chi connectivity index (χ0) is 30.5. The summed E-state index contributed by atoms with van der Waals surface area (Å²) in [5, 5.41) is 0. The second-order valence-corrected chi connectivity index (χ2v) is 12.1. The molecule has 4 aromatic heterocycles. The number of benzene rings is 2. The summed E-state index contributed by atoms with van der Waals surface area (Å²) in [7, 11) is 0. The van der Waals surface area contributed by atoms with E-state index in [2.05, 4.69) is 26.9 Å². The van der Waals surface area contributed by atoms with Gasteiger partial charge in [-0.3, -0.25) is 9.13 Å². The van der Waals surface area contributed by atoms with Crippen LogP contribution in [-0.2, 0) is 10.8 Å². The molecule has 0 saturated heterocycles. The number of pyridine rings is 1. The fourth-order valence-electron chi connectivity index (χ4n) is 6.39. The Hall–Kier alpha value is -4.60. The van der Waals surface area contributed by atoms with Crippen LogP contribution in [0.3, 0.4) is 0 Å². The molecule has 1 fully saturated rings. The third-order valence-corrected chi connectivity index (χ3v) is 9.24. The first-order valence-corrected chi connectivity index (χ1v) is 15.0. The molecule has 0 spiro atoms. The summed E-state index contributed by atoms with van der Waals surface area (Å²) in [4.78, 5) is 23.1. The molecule has 44 heavy (non-hydrogen) atoms. The van der Waals surface area contributed by atoms with Crippen molar-refractivity contribution in [3.63, 3.8) is 0 Å². The molecule has 0 radical (unpaired) electrons. The first kappa shape index (κ1) is 28.2. The number of alkyl halides is 3. The second kappa shape index (κ2) is 10.5. The van der Waals surface area contributed by atoms with Gasteiger partial charge in [0.05, 0.1) is 39.1 Å². The van der Waals surface area contributed by atoms with Gasteiger partial charge in [0, 0.05) is 5.41 Å². The van der Waals surface area contributed by atoms with E-state index in [1.54, 1.807) is 40.0 Å². The van der Waals surface area contributed by atoms with Crippen molar-refractivity contribution in [2.75, 3.05) is 0 Å². The summed E-state index contributed by atoms with van der Waals surface area (Å²) in [6, 6.07) is 21.2. The van der Waals surface area contributed by atoms with Gasteiger partial charge < -0.3 is 0 Å². The smallest absolute Gasteiger partial charge is 0.283 e. The Balaban J connectivity index is 1.45. The average molecular weight is 596 g/mol. The predicted molar refractivity (Wildman–Crippen MR) is 163 cm³/mol. The molecule has 10 heteroatoms. The largest absolute Gasteiger partial charge is 0.405 e. The van der Waals surface area contributed by atoms with Gasteiger partial charge in [-0.2, -0.15) is 13.2 Å². The van der Waals surface area contributed by atoms with E-state index >= 15 is 13.2 Å². The third kappa shape index (κ3) is 4.63. The Morgan fingerprint density at radius 2 is 1.30 bits per heavy atom. The highest BCUT2D eigenvalue weighted by Crippen LogP contribution is 2.47. The van der Waals surface area contributed by atoms with E-state index in [4.69, 9.17) is 4.98 Å². The summed E-state index contributed by atoms with van der Waals surface area (Å²) in [5.41, 5.74) is 0.306. The van der Waals surface area contributed by atoms with Crippen LogP contribution in [-0.4, -0.2) is 40.2 Å². The van der Waals surface area contributed by atoms with Crippen molar-refractivity contribution in [1.29, 1.82) is 0 Å². The number of fused-ring (bicyclic) bond motifs is 2. The quantitative estimate of drug-likeness (QED) is 0.189. The van der Waals surface area contributed by atoms with Crippen molar-refractivity contribution in [3.8, 4) is 11.8 Å². The fraction of sp³-hybridized carbons (Fsp3) is 0.324. The Morgan fingerprint density at radius 3 is 1.95 bits per heavy atom. The second-order valence-electron chi connectivity index (χ2n) is 12.1. The molecule has 4 heterocycles. The predicted octanol–water partition coefficient (Wildman–Crippen LogP) is 8.03. The number of rotatable bonds is 5. The van der Waals surface area contributed by atoms with Crippen molar-refractivity contribution >= 4 is 22.1 Å². The van der Waals surface area contributed by atoms with Crippen LogP contribution in [0.5, 0.6) is 0 Å². The molecule has 0 amide bonds. The molecule has 0 bridgehead atoms. The first-order chi connectivity index (χ1) is 21.2. The van der Waals surface area contributed by atoms with Crippen LogP contribution >= 0.6 is 0 Å². The van der Waals surface area contributed by atoms with Crippen molar-refractivity contribution in [1.82, 2.24) is 34.1 Å². The number of para-hydroxylation sites is 4. The van der Waals surface area contributed by atoms with Crippen LogP contribution in [0.15, 0.2) is 85.5 Å². The van der Waals surface area contributed by atoms with Crippen LogP contribution < -0.4 is 0 Å². The minimum atomic E-state index is -4.72. The Morgan fingerprint density at radius 1 is 0.682 bits per heavy atom. The maximum atomic E-state index is 15.5. The average Bonchev–Trinajstić information content (AvgIpc) is 3.60. The monoisotopic (exact) mass is 595 g/mol. The van der Waals surface area contributed by atoms with E-state index in [0.29, 0.717) is 17.0 Å². The maximum absolute atomic E-state index is 15.5. The zero-order valence-electron chi connectivity index (χ0n) is 24.6. The normalized spacial score (nSPS) is 17.0. The number of halogens is 3. The Bertz CT molecular complexity index is 1970. The molecule has 0 aliphatic heterocycles. The van der Waals surface area contributed by atoms with E-state index in [1.807, 2.05) is 48.5 Å². The molecular weight excluding hydrogens is 563 g/mol. The van der Waals surface area contributed by atoms with E-state index in [-0.39, 0.29) is 17.3 Å². The topological polar surface area (TPSA) is 74.3 Å². The highest BCUT2D eigenvalue weighted by Gasteiger charge is 2.56. The van der Waals surface area contributed by atoms with Crippen LogP contribution in [0.25, 0.3) is 33.8 Å². The summed E-state index contributed by atoms with van der Waals surface area (Å²) in [6.07, 6.45) is 4.33. The van der Waals surface area contributed by atoms with Crippen LogP contribution in [0.4, 0.5) is 13.2 Å². The molecule has 1 unspecified atom stereocenters. The number of hydrogen-bond acceptors (Lipinski definition) is 5. The fourth-order valence-corrected chi connectivity index (χ4v) is 6.39. The van der Waals surface area contributed by atoms with E-state index in [9.17, 15) is 0 Å². The molecule has 0 N–H and O–H groups in total. The molecule has 1 atom stereocenters. The molecule has 7 nitrogen and oxygen atoms in total. The van der Waals surface area contributed by atoms with E-state index < -0.39 is 17.0 Å². The van der Waals surface area contributed by atoms with Crippen LogP contribution in [0, 0.1) is 0 Å². The van der Waals surface area contributed by atoms with Crippen LogP contribution in [0.2, 0.25) is 0 Å². The molecule has 6 aromatic rings. The number of aromatic nitrogens is 7. The highest BCUT2D eigenvalue weighted by atomic mass is 19.4. The molecule has 224 valence electrons.